The van der Waals surface area contributed by atoms with E-state index >= 15 is 0 Å². The van der Waals surface area contributed by atoms with E-state index in [4.69, 9.17) is 0 Å². The molecule has 2 rings (SSSR count). The summed E-state index contributed by atoms with van der Waals surface area (Å²) in [5, 5.41) is 0. The van der Waals surface area contributed by atoms with Crippen LogP contribution in [0.4, 0.5) is 0 Å². The minimum Gasteiger partial charge on any atom is -0.329 e. The highest BCUT2D eigenvalue weighted by molar-refractivity contribution is 5.81. The summed E-state index contributed by atoms with van der Waals surface area (Å²) in [6.07, 6.45) is 2.55. The number of pyridine rings is 1. The number of hydrogen-bond acceptors (Lipinski definition) is 2. The lowest BCUT2D eigenvalue weighted by atomic mass is 9.98. The molecule has 3 nitrogen and oxygen atoms in total. The van der Waals surface area contributed by atoms with Gasteiger partial charge in [0.15, 0.2) is 0 Å². The number of rotatable bonds is 2. The summed E-state index contributed by atoms with van der Waals surface area (Å²) in [6, 6.07) is 6.00. The Balaban J connectivity index is 1.94. The molecule has 2 heterocycles. The van der Waals surface area contributed by atoms with Gasteiger partial charge >= 0.3 is 0 Å². The lowest BCUT2D eigenvalue weighted by Gasteiger charge is -2.26. The van der Waals surface area contributed by atoms with E-state index in [0.29, 0.717) is 5.78 Å². The van der Waals surface area contributed by atoms with Crippen LogP contribution in [-0.4, -0.2) is 23.9 Å². The predicted octanol–water partition coefficient (Wildman–Crippen LogP) is 0.0754. The number of ketones is 1. The molecule has 3 heteroatoms. The fourth-order valence-electron chi connectivity index (χ4n) is 2.11. The molecule has 0 spiro atoms. The van der Waals surface area contributed by atoms with E-state index in [1.165, 1.54) is 4.90 Å². The Morgan fingerprint density at radius 2 is 2.40 bits per heavy atom. The van der Waals surface area contributed by atoms with E-state index in [9.17, 15) is 4.79 Å². The Kier molecular flexibility index (Phi) is 3.11. The molecule has 1 aliphatic rings. The summed E-state index contributed by atoms with van der Waals surface area (Å²) >= 11 is 0. The lowest BCUT2D eigenvalue weighted by molar-refractivity contribution is -0.918. The van der Waals surface area contributed by atoms with Gasteiger partial charge in [0.05, 0.1) is 31.1 Å². The van der Waals surface area contributed by atoms with Crippen LogP contribution in [0, 0.1) is 5.92 Å². The van der Waals surface area contributed by atoms with Gasteiger partial charge in [0, 0.05) is 6.20 Å². The Hall–Kier alpha value is -1.22. The van der Waals surface area contributed by atoms with Crippen molar-refractivity contribution in [1.82, 2.24) is 4.98 Å². The number of hydrogen-bond donors (Lipinski definition) is 1. The highest BCUT2D eigenvalue weighted by atomic mass is 16.1. The van der Waals surface area contributed by atoms with Crippen LogP contribution in [0.1, 0.15) is 19.0 Å². The molecular weight excluding hydrogens is 188 g/mol. The van der Waals surface area contributed by atoms with E-state index < -0.39 is 0 Å². The molecule has 0 aliphatic carbocycles. The van der Waals surface area contributed by atoms with Gasteiger partial charge in [0.1, 0.15) is 12.3 Å². The van der Waals surface area contributed by atoms with Crippen molar-refractivity contribution >= 4 is 5.78 Å². The highest BCUT2D eigenvalue weighted by Gasteiger charge is 2.26. The molecule has 0 aromatic carbocycles. The van der Waals surface area contributed by atoms with Crippen LogP contribution >= 0.6 is 0 Å². The number of quaternary nitrogens is 1. The van der Waals surface area contributed by atoms with Gasteiger partial charge in [-0.25, -0.2) is 0 Å². The maximum absolute atomic E-state index is 11.4. The second kappa shape index (κ2) is 4.53. The first kappa shape index (κ1) is 10.3. The third-order valence-electron chi connectivity index (χ3n) is 3.03. The van der Waals surface area contributed by atoms with E-state index in [-0.39, 0.29) is 5.92 Å². The highest BCUT2D eigenvalue weighted by Crippen LogP contribution is 2.01. The maximum atomic E-state index is 11.4. The Morgan fingerprint density at radius 3 is 3.07 bits per heavy atom. The number of piperidine rings is 1. The zero-order valence-corrected chi connectivity index (χ0v) is 9.07. The van der Waals surface area contributed by atoms with Gasteiger partial charge < -0.3 is 4.90 Å². The van der Waals surface area contributed by atoms with Gasteiger partial charge in [0.2, 0.25) is 0 Å². The molecule has 1 saturated heterocycles. The van der Waals surface area contributed by atoms with Crippen molar-refractivity contribution < 1.29 is 9.69 Å². The lowest BCUT2D eigenvalue weighted by Crippen LogP contribution is -3.12. The number of likely N-dealkylation sites (tertiary alicyclic amines) is 1. The standard InChI is InChI=1S/C12H16N2O/c1-10-8-14(7-5-12(10)15)9-11-4-2-3-6-13-11/h2-4,6,10H,5,7-9H2,1H3/p+1/t10-/m1/s1. The molecule has 1 aromatic heterocycles. The Morgan fingerprint density at radius 1 is 1.53 bits per heavy atom. The first-order valence-corrected chi connectivity index (χ1v) is 5.52. The van der Waals surface area contributed by atoms with E-state index in [2.05, 4.69) is 4.98 Å². The third kappa shape index (κ3) is 2.63. The summed E-state index contributed by atoms with van der Waals surface area (Å²) in [4.78, 5) is 17.1. The SMILES string of the molecule is C[C@@H]1C[NH+](Cc2ccccn2)CCC1=O. The van der Waals surface area contributed by atoms with Crippen molar-refractivity contribution in [2.45, 2.75) is 19.9 Å². The molecule has 0 radical (unpaired) electrons. The van der Waals surface area contributed by atoms with Gasteiger partial charge in [-0.15, -0.1) is 0 Å². The van der Waals surface area contributed by atoms with Crippen molar-refractivity contribution in [3.05, 3.63) is 30.1 Å². The number of aromatic nitrogens is 1. The molecule has 0 amide bonds. The first-order chi connectivity index (χ1) is 7.25. The van der Waals surface area contributed by atoms with Gasteiger partial charge in [-0.2, -0.15) is 0 Å². The van der Waals surface area contributed by atoms with Gasteiger partial charge in [-0.05, 0) is 12.1 Å². The number of carbonyl (C=O) groups is 1. The molecule has 80 valence electrons. The zero-order valence-electron chi connectivity index (χ0n) is 9.07. The van der Waals surface area contributed by atoms with Crippen LogP contribution < -0.4 is 4.90 Å². The summed E-state index contributed by atoms with van der Waals surface area (Å²) < 4.78 is 0. The Bertz CT molecular complexity index is 337. The molecule has 0 bridgehead atoms. The average molecular weight is 205 g/mol. The average Bonchev–Trinajstić information content (AvgIpc) is 2.25. The molecule has 15 heavy (non-hydrogen) atoms. The van der Waals surface area contributed by atoms with Crippen molar-refractivity contribution in [3.8, 4) is 0 Å². The van der Waals surface area contributed by atoms with Gasteiger partial charge in [-0.3, -0.25) is 9.78 Å². The normalized spacial score (nSPS) is 26.6. The molecule has 1 unspecified atom stereocenters. The van der Waals surface area contributed by atoms with Crippen LogP contribution in [-0.2, 0) is 11.3 Å². The second-order valence-corrected chi connectivity index (χ2v) is 4.32. The molecule has 1 N–H and O–H groups in total. The first-order valence-electron chi connectivity index (χ1n) is 5.52. The summed E-state index contributed by atoms with van der Waals surface area (Å²) in [5.74, 6) is 0.636. The quantitative estimate of drug-likeness (QED) is 0.741. The fraction of sp³-hybridized carbons (Fsp3) is 0.500. The Labute approximate surface area is 90.1 Å². The fourth-order valence-corrected chi connectivity index (χ4v) is 2.11. The third-order valence-corrected chi connectivity index (χ3v) is 3.03. The molecular formula is C12H17N2O+. The smallest absolute Gasteiger partial charge is 0.146 e. The van der Waals surface area contributed by atoms with E-state index in [1.807, 2.05) is 31.3 Å². The minimum atomic E-state index is 0.220. The van der Waals surface area contributed by atoms with Crippen LogP contribution in [0.2, 0.25) is 0 Å². The van der Waals surface area contributed by atoms with E-state index in [1.54, 1.807) is 0 Å². The number of nitrogens with zero attached hydrogens (tertiary/aromatic N) is 1. The summed E-state index contributed by atoms with van der Waals surface area (Å²) in [5.41, 5.74) is 1.12. The van der Waals surface area contributed by atoms with Crippen LogP contribution in [0.5, 0.6) is 0 Å². The van der Waals surface area contributed by atoms with Crippen LogP contribution in [0.3, 0.4) is 0 Å². The van der Waals surface area contributed by atoms with E-state index in [0.717, 1.165) is 31.7 Å². The number of carbonyl (C=O) groups excluding carboxylic acids is 1. The number of nitrogens with one attached hydrogen (secondary N) is 1. The van der Waals surface area contributed by atoms with Gasteiger partial charge in [0.25, 0.3) is 0 Å². The molecule has 1 fully saturated rings. The van der Waals surface area contributed by atoms with Crippen molar-refractivity contribution in [1.29, 1.82) is 0 Å². The largest absolute Gasteiger partial charge is 0.329 e. The van der Waals surface area contributed by atoms with Crippen molar-refractivity contribution in [3.63, 3.8) is 0 Å². The molecule has 0 saturated carbocycles. The predicted molar refractivity (Wildman–Crippen MR) is 57.4 cm³/mol. The molecule has 2 atom stereocenters. The summed E-state index contributed by atoms with van der Waals surface area (Å²) in [7, 11) is 0. The topological polar surface area (TPSA) is 34.4 Å². The number of Topliss-reactive ketones (excluding diaryl/α,β-unsaturated/α-hetero) is 1. The molecule has 1 aromatic rings. The zero-order chi connectivity index (χ0) is 10.7. The van der Waals surface area contributed by atoms with Crippen molar-refractivity contribution in [2.75, 3.05) is 13.1 Å². The second-order valence-electron chi connectivity index (χ2n) is 4.32. The monoisotopic (exact) mass is 205 g/mol. The summed E-state index contributed by atoms with van der Waals surface area (Å²) in [6.45, 7) is 4.88. The molecule has 1 aliphatic heterocycles. The van der Waals surface area contributed by atoms with Crippen LogP contribution in [0.25, 0.3) is 0 Å². The minimum absolute atomic E-state index is 0.220. The van der Waals surface area contributed by atoms with Crippen LogP contribution in [0.15, 0.2) is 24.4 Å². The van der Waals surface area contributed by atoms with Gasteiger partial charge in [-0.1, -0.05) is 13.0 Å². The maximum Gasteiger partial charge on any atom is 0.146 e. The van der Waals surface area contributed by atoms with Crippen molar-refractivity contribution in [2.24, 2.45) is 5.92 Å².